The van der Waals surface area contributed by atoms with Crippen molar-refractivity contribution in [3.8, 4) is 0 Å². The number of para-hydroxylation sites is 1. The van der Waals surface area contributed by atoms with Crippen molar-refractivity contribution in [1.29, 1.82) is 0 Å². The van der Waals surface area contributed by atoms with Gasteiger partial charge >= 0.3 is 0 Å². The fourth-order valence-corrected chi connectivity index (χ4v) is 2.85. The van der Waals surface area contributed by atoms with E-state index in [9.17, 15) is 5.21 Å². The van der Waals surface area contributed by atoms with Crippen LogP contribution in [0.2, 0.25) is 0 Å². The zero-order chi connectivity index (χ0) is 11.4. The lowest BCUT2D eigenvalue weighted by atomic mass is 10.1. The van der Waals surface area contributed by atoms with Crippen molar-refractivity contribution in [2.24, 2.45) is 5.92 Å². The highest BCUT2D eigenvalue weighted by Gasteiger charge is 2.28. The summed E-state index contributed by atoms with van der Waals surface area (Å²) in [6.07, 6.45) is 3.12. The third-order valence-electron chi connectivity index (χ3n) is 3.06. The summed E-state index contributed by atoms with van der Waals surface area (Å²) in [6.45, 7) is 1.45. The van der Waals surface area contributed by atoms with Crippen molar-refractivity contribution in [2.75, 3.05) is 25.1 Å². The first-order chi connectivity index (χ1) is 7.74. The van der Waals surface area contributed by atoms with Gasteiger partial charge in [-0.3, -0.25) is 0 Å². The average Bonchev–Trinajstić information content (AvgIpc) is 2.34. The second kappa shape index (κ2) is 5.19. The third-order valence-corrected chi connectivity index (χ3v) is 3.87. The summed E-state index contributed by atoms with van der Waals surface area (Å²) in [5, 5.41) is 12.5. The molecule has 1 aliphatic rings. The molecule has 0 aromatic heterocycles. The molecule has 0 radical (unpaired) electrons. The smallest absolute Gasteiger partial charge is 0.152 e. The number of hydrogen-bond donors (Lipinski definition) is 1. The van der Waals surface area contributed by atoms with E-state index in [1.54, 1.807) is 0 Å². The van der Waals surface area contributed by atoms with E-state index in [0.29, 0.717) is 12.5 Å². The van der Waals surface area contributed by atoms with Crippen molar-refractivity contribution in [3.05, 3.63) is 35.5 Å². The Balaban J connectivity index is 2.01. The minimum atomic E-state index is -0.369. The van der Waals surface area contributed by atoms with Crippen LogP contribution < -0.4 is 10.2 Å². The zero-order valence-electron chi connectivity index (χ0n) is 9.56. The summed E-state index contributed by atoms with van der Waals surface area (Å²) in [5.74, 6) is 1.78. The molecule has 4 heteroatoms. The number of thioether (sulfide) groups is 1. The Morgan fingerprint density at radius 1 is 1.44 bits per heavy atom. The van der Waals surface area contributed by atoms with E-state index >= 15 is 0 Å². The van der Waals surface area contributed by atoms with Gasteiger partial charge in [0.05, 0.1) is 0 Å². The molecule has 2 atom stereocenters. The van der Waals surface area contributed by atoms with Crippen LogP contribution in [0.1, 0.15) is 6.42 Å². The highest BCUT2D eigenvalue weighted by Crippen LogP contribution is 2.25. The Kier molecular flexibility index (Phi) is 3.86. The molecule has 2 unspecified atom stereocenters. The van der Waals surface area contributed by atoms with E-state index in [-0.39, 0.29) is 4.76 Å². The third kappa shape index (κ3) is 2.58. The van der Waals surface area contributed by atoms with Crippen molar-refractivity contribution >= 4 is 17.4 Å². The Morgan fingerprint density at radius 3 is 2.75 bits per heavy atom. The molecule has 0 aliphatic carbocycles. The first-order valence-electron chi connectivity index (χ1n) is 5.63. The number of benzene rings is 1. The van der Waals surface area contributed by atoms with E-state index in [1.165, 1.54) is 0 Å². The van der Waals surface area contributed by atoms with E-state index in [2.05, 4.69) is 11.7 Å². The van der Waals surface area contributed by atoms with E-state index in [4.69, 9.17) is 0 Å². The Bertz CT molecular complexity index is 323. The van der Waals surface area contributed by atoms with Gasteiger partial charge in [-0.2, -0.15) is 17.2 Å². The lowest BCUT2D eigenvalue weighted by Crippen LogP contribution is -2.60. The Labute approximate surface area is 101 Å². The zero-order valence-corrected chi connectivity index (χ0v) is 10.4. The summed E-state index contributed by atoms with van der Waals surface area (Å²) in [7, 11) is 0. The summed E-state index contributed by atoms with van der Waals surface area (Å²) in [5.41, 5.74) is 3.93. The van der Waals surface area contributed by atoms with Gasteiger partial charge in [-0.1, -0.05) is 18.2 Å². The van der Waals surface area contributed by atoms with Gasteiger partial charge in [-0.15, -0.1) is 0 Å². The molecule has 1 heterocycles. The van der Waals surface area contributed by atoms with Crippen LogP contribution in [-0.4, -0.2) is 25.1 Å². The number of hydroxylamine groups is 1. The van der Waals surface area contributed by atoms with Crippen LogP contribution in [0.15, 0.2) is 30.3 Å². The highest BCUT2D eigenvalue weighted by molar-refractivity contribution is 7.98. The largest absolute Gasteiger partial charge is 0.606 e. The van der Waals surface area contributed by atoms with Crippen LogP contribution in [0.4, 0.5) is 5.69 Å². The Morgan fingerprint density at radius 2 is 2.19 bits per heavy atom. The number of hydrogen-bond acceptors (Lipinski definition) is 3. The Hall–Kier alpha value is -0.550. The summed E-state index contributed by atoms with van der Waals surface area (Å²) in [4.78, 5) is 0. The van der Waals surface area contributed by atoms with Crippen LogP contribution in [0, 0.1) is 11.1 Å². The number of nitrogens with zero attached hydrogens (tertiary/aromatic N) is 1. The lowest BCUT2D eigenvalue weighted by molar-refractivity contribution is 0.190. The highest BCUT2D eigenvalue weighted by atomic mass is 32.2. The van der Waals surface area contributed by atoms with Gasteiger partial charge in [0.2, 0.25) is 0 Å². The maximum Gasteiger partial charge on any atom is 0.152 e. The second-order valence-electron chi connectivity index (χ2n) is 4.27. The SMILES string of the molecule is CSCC1CC[N+]([O-])(c2ccccc2)NC1. The maximum absolute atomic E-state index is 12.5. The van der Waals surface area contributed by atoms with Gasteiger partial charge < -0.3 is 5.21 Å². The van der Waals surface area contributed by atoms with Gasteiger partial charge in [0.15, 0.2) is 5.69 Å². The minimum Gasteiger partial charge on any atom is -0.606 e. The molecule has 1 aliphatic heterocycles. The standard InChI is InChI=1S/C12H18N2OS/c1-16-10-11-7-8-14(15,13-9-11)12-5-3-2-4-6-12/h2-6,11,13H,7-10H2,1H3. The average molecular weight is 238 g/mol. The topological polar surface area (TPSA) is 35.1 Å². The molecule has 0 spiro atoms. The first kappa shape index (κ1) is 11.9. The van der Waals surface area contributed by atoms with Gasteiger partial charge in [0, 0.05) is 25.1 Å². The summed E-state index contributed by atoms with van der Waals surface area (Å²) >= 11 is 1.86. The molecular formula is C12H18N2OS. The van der Waals surface area contributed by atoms with Crippen LogP contribution in [0.25, 0.3) is 0 Å². The predicted octanol–water partition coefficient (Wildman–Crippen LogP) is 2.38. The molecule has 0 amide bonds. The molecule has 1 N–H and O–H groups in total. The molecule has 0 saturated carbocycles. The van der Waals surface area contributed by atoms with E-state index in [1.807, 2.05) is 42.1 Å². The van der Waals surface area contributed by atoms with Crippen molar-refractivity contribution in [1.82, 2.24) is 10.2 Å². The second-order valence-corrected chi connectivity index (χ2v) is 5.18. The molecule has 1 saturated heterocycles. The normalized spacial score (nSPS) is 30.2. The van der Waals surface area contributed by atoms with E-state index in [0.717, 1.165) is 24.4 Å². The molecule has 1 aromatic rings. The predicted molar refractivity (Wildman–Crippen MR) is 71.0 cm³/mol. The van der Waals surface area contributed by atoms with E-state index < -0.39 is 0 Å². The molecule has 16 heavy (non-hydrogen) atoms. The monoisotopic (exact) mass is 238 g/mol. The maximum atomic E-state index is 12.5. The molecule has 3 nitrogen and oxygen atoms in total. The van der Waals surface area contributed by atoms with Crippen LogP contribution in [0.5, 0.6) is 0 Å². The molecule has 0 bridgehead atoms. The van der Waals surface area contributed by atoms with Crippen molar-refractivity contribution < 1.29 is 0 Å². The van der Waals surface area contributed by atoms with Crippen molar-refractivity contribution in [2.45, 2.75) is 6.42 Å². The van der Waals surface area contributed by atoms with Crippen LogP contribution >= 0.6 is 11.8 Å². The lowest BCUT2D eigenvalue weighted by Gasteiger charge is -2.45. The van der Waals surface area contributed by atoms with Gasteiger partial charge in [-0.05, 0) is 17.9 Å². The fraction of sp³-hybridized carbons (Fsp3) is 0.500. The van der Waals surface area contributed by atoms with Crippen molar-refractivity contribution in [3.63, 3.8) is 0 Å². The molecule has 1 aromatic carbocycles. The van der Waals surface area contributed by atoms with Gasteiger partial charge in [0.25, 0.3) is 0 Å². The van der Waals surface area contributed by atoms with Gasteiger partial charge in [-0.25, -0.2) is 4.76 Å². The van der Waals surface area contributed by atoms with Crippen LogP contribution in [0.3, 0.4) is 0 Å². The molecule has 88 valence electrons. The number of quaternary nitrogens is 1. The van der Waals surface area contributed by atoms with Crippen LogP contribution in [-0.2, 0) is 0 Å². The first-order valence-corrected chi connectivity index (χ1v) is 7.03. The quantitative estimate of drug-likeness (QED) is 0.648. The molecule has 2 rings (SSSR count). The van der Waals surface area contributed by atoms with Gasteiger partial charge in [0.1, 0.15) is 6.54 Å². The summed E-state index contributed by atoms with van der Waals surface area (Å²) < 4.78 is -0.369. The summed E-state index contributed by atoms with van der Waals surface area (Å²) in [6, 6.07) is 9.58. The molecular weight excluding hydrogens is 220 g/mol. The number of rotatable bonds is 3. The minimum absolute atomic E-state index is 0.369. The fourth-order valence-electron chi connectivity index (χ4n) is 2.09. The molecule has 1 fully saturated rings. The number of nitrogens with one attached hydrogen (secondary N) is 1.